The Kier molecular flexibility index (Phi) is 3.92. The number of anilines is 1. The van der Waals surface area contributed by atoms with Gasteiger partial charge in [0.25, 0.3) is 0 Å². The summed E-state index contributed by atoms with van der Waals surface area (Å²) in [6, 6.07) is 3.21. The largest absolute Gasteiger partial charge is 0.349 e. The normalized spacial score (nSPS) is 26.2. The minimum Gasteiger partial charge on any atom is -0.349 e. The molecule has 0 amide bonds. The Labute approximate surface area is 120 Å². The van der Waals surface area contributed by atoms with Crippen LogP contribution in [0.3, 0.4) is 0 Å². The molecule has 2 heterocycles. The van der Waals surface area contributed by atoms with Crippen LogP contribution in [0.1, 0.15) is 51.5 Å². The molecule has 0 radical (unpaired) electrons. The number of nitrogens with zero attached hydrogens (tertiary/aromatic N) is 2. The highest BCUT2D eigenvalue weighted by Crippen LogP contribution is 2.33. The summed E-state index contributed by atoms with van der Waals surface area (Å²) in [5.74, 6) is 0.421. The predicted octanol–water partition coefficient (Wildman–Crippen LogP) is 3.24. The number of halogens is 1. The number of pyridine rings is 1. The molecule has 1 saturated heterocycles. The molecule has 0 bridgehead atoms. The highest BCUT2D eigenvalue weighted by atomic mass is 19.1. The van der Waals surface area contributed by atoms with Crippen molar-refractivity contribution in [2.45, 2.75) is 70.6 Å². The number of hydrogen-bond acceptors (Lipinski definition) is 3. The lowest BCUT2D eigenvalue weighted by molar-refractivity contribution is 0.552. The zero-order valence-electron chi connectivity index (χ0n) is 12.4. The van der Waals surface area contributed by atoms with Crippen LogP contribution in [0.5, 0.6) is 0 Å². The molecule has 1 aromatic heterocycles. The van der Waals surface area contributed by atoms with Gasteiger partial charge in [-0.3, -0.25) is 0 Å². The van der Waals surface area contributed by atoms with Crippen LogP contribution >= 0.6 is 0 Å². The molecular formula is C16H24FN3. The molecule has 0 spiro atoms. The van der Waals surface area contributed by atoms with E-state index in [1.54, 1.807) is 12.3 Å². The summed E-state index contributed by atoms with van der Waals surface area (Å²) >= 11 is 0. The van der Waals surface area contributed by atoms with Crippen LogP contribution in [-0.4, -0.2) is 23.1 Å². The molecule has 1 aliphatic carbocycles. The van der Waals surface area contributed by atoms with Gasteiger partial charge in [0.15, 0.2) is 11.6 Å². The number of aromatic nitrogens is 1. The summed E-state index contributed by atoms with van der Waals surface area (Å²) in [5, 5.41) is 3.38. The van der Waals surface area contributed by atoms with Gasteiger partial charge in [-0.2, -0.15) is 0 Å². The molecule has 2 atom stereocenters. The van der Waals surface area contributed by atoms with Crippen LogP contribution < -0.4 is 10.2 Å². The van der Waals surface area contributed by atoms with E-state index in [9.17, 15) is 4.39 Å². The van der Waals surface area contributed by atoms with Crippen molar-refractivity contribution in [1.82, 2.24) is 10.3 Å². The first kappa shape index (κ1) is 13.8. The minimum absolute atomic E-state index is 0.132. The zero-order chi connectivity index (χ0) is 14.1. The van der Waals surface area contributed by atoms with Gasteiger partial charge in [0, 0.05) is 36.4 Å². The SMILES string of the molecule is CCC1CCC(C)N1c1nccc(CNC2CC2)c1F. The number of nitrogens with one attached hydrogen (secondary N) is 1. The fourth-order valence-corrected chi connectivity index (χ4v) is 3.18. The van der Waals surface area contributed by atoms with Gasteiger partial charge in [-0.25, -0.2) is 9.37 Å². The lowest BCUT2D eigenvalue weighted by atomic mass is 10.1. The van der Waals surface area contributed by atoms with Crippen LogP contribution in [-0.2, 0) is 6.54 Å². The van der Waals surface area contributed by atoms with Gasteiger partial charge in [-0.15, -0.1) is 0 Å². The second kappa shape index (κ2) is 5.68. The van der Waals surface area contributed by atoms with Crippen LogP contribution in [0, 0.1) is 5.82 Å². The number of hydrogen-bond donors (Lipinski definition) is 1. The zero-order valence-corrected chi connectivity index (χ0v) is 12.4. The lowest BCUT2D eigenvalue weighted by Gasteiger charge is -2.29. The Balaban J connectivity index is 1.82. The van der Waals surface area contributed by atoms with Gasteiger partial charge in [0.2, 0.25) is 0 Å². The minimum atomic E-state index is -0.132. The monoisotopic (exact) mass is 277 g/mol. The van der Waals surface area contributed by atoms with E-state index in [4.69, 9.17) is 0 Å². The average Bonchev–Trinajstić information content (AvgIpc) is 3.20. The third-order valence-corrected chi connectivity index (χ3v) is 4.61. The van der Waals surface area contributed by atoms with E-state index in [2.05, 4.69) is 29.0 Å². The summed E-state index contributed by atoms with van der Waals surface area (Å²) in [4.78, 5) is 6.53. The van der Waals surface area contributed by atoms with Gasteiger partial charge in [-0.05, 0) is 45.1 Å². The Bertz CT molecular complexity index is 473. The van der Waals surface area contributed by atoms with E-state index >= 15 is 0 Å². The van der Waals surface area contributed by atoms with E-state index in [1.807, 2.05) is 0 Å². The van der Waals surface area contributed by atoms with Crippen LogP contribution in [0.4, 0.5) is 10.2 Å². The van der Waals surface area contributed by atoms with Crippen molar-refractivity contribution in [2.75, 3.05) is 4.90 Å². The van der Waals surface area contributed by atoms with Gasteiger partial charge < -0.3 is 10.2 Å². The van der Waals surface area contributed by atoms with Crippen molar-refractivity contribution in [1.29, 1.82) is 0 Å². The Morgan fingerprint density at radius 3 is 2.85 bits per heavy atom. The predicted molar refractivity (Wildman–Crippen MR) is 79.3 cm³/mol. The summed E-state index contributed by atoms with van der Waals surface area (Å²) < 4.78 is 14.7. The maximum atomic E-state index is 14.7. The summed E-state index contributed by atoms with van der Waals surface area (Å²) in [6.07, 6.45) is 7.52. The summed E-state index contributed by atoms with van der Waals surface area (Å²) in [5.41, 5.74) is 0.746. The van der Waals surface area contributed by atoms with E-state index in [-0.39, 0.29) is 5.82 Å². The first-order valence-corrected chi connectivity index (χ1v) is 7.85. The molecule has 4 heteroatoms. The molecule has 1 aromatic rings. The Hall–Kier alpha value is -1.16. The quantitative estimate of drug-likeness (QED) is 0.895. The van der Waals surface area contributed by atoms with Crippen LogP contribution in [0.25, 0.3) is 0 Å². The molecule has 0 aromatic carbocycles. The van der Waals surface area contributed by atoms with E-state index in [1.165, 1.54) is 12.8 Å². The smallest absolute Gasteiger partial charge is 0.170 e. The molecule has 2 fully saturated rings. The third kappa shape index (κ3) is 2.66. The molecule has 2 unspecified atom stereocenters. The lowest BCUT2D eigenvalue weighted by Crippen LogP contribution is -2.35. The molecule has 110 valence electrons. The highest BCUT2D eigenvalue weighted by molar-refractivity contribution is 5.46. The molecular weight excluding hydrogens is 253 g/mol. The van der Waals surface area contributed by atoms with Crippen molar-refractivity contribution in [2.24, 2.45) is 0 Å². The topological polar surface area (TPSA) is 28.2 Å². The average molecular weight is 277 g/mol. The Morgan fingerprint density at radius 1 is 1.35 bits per heavy atom. The molecule has 1 saturated carbocycles. The molecule has 1 aliphatic heterocycles. The van der Waals surface area contributed by atoms with E-state index in [0.29, 0.717) is 30.5 Å². The molecule has 3 nitrogen and oxygen atoms in total. The van der Waals surface area contributed by atoms with Crippen molar-refractivity contribution < 1.29 is 4.39 Å². The van der Waals surface area contributed by atoms with Crippen molar-refractivity contribution in [3.8, 4) is 0 Å². The third-order valence-electron chi connectivity index (χ3n) is 4.61. The first-order chi connectivity index (χ1) is 9.70. The van der Waals surface area contributed by atoms with Gasteiger partial charge >= 0.3 is 0 Å². The van der Waals surface area contributed by atoms with E-state index < -0.39 is 0 Å². The molecule has 3 rings (SSSR count). The maximum Gasteiger partial charge on any atom is 0.170 e. The van der Waals surface area contributed by atoms with Gasteiger partial charge in [0.1, 0.15) is 0 Å². The summed E-state index contributed by atoms with van der Waals surface area (Å²) in [7, 11) is 0. The second-order valence-electron chi connectivity index (χ2n) is 6.16. The van der Waals surface area contributed by atoms with Crippen molar-refractivity contribution >= 4 is 5.82 Å². The van der Waals surface area contributed by atoms with E-state index in [0.717, 1.165) is 24.8 Å². The van der Waals surface area contributed by atoms with Gasteiger partial charge in [-0.1, -0.05) is 6.92 Å². The Morgan fingerprint density at radius 2 is 2.15 bits per heavy atom. The number of rotatable bonds is 5. The van der Waals surface area contributed by atoms with Gasteiger partial charge in [0.05, 0.1) is 0 Å². The highest BCUT2D eigenvalue weighted by Gasteiger charge is 2.32. The standard InChI is InChI=1S/C16H24FN3/c1-3-14-7-4-11(2)20(14)16-15(17)12(8-9-18-16)10-19-13-5-6-13/h8-9,11,13-14,19H,3-7,10H2,1-2H3. The maximum absolute atomic E-state index is 14.7. The van der Waals surface area contributed by atoms with Crippen LogP contribution in [0.2, 0.25) is 0 Å². The first-order valence-electron chi connectivity index (χ1n) is 7.85. The molecule has 2 aliphatic rings. The molecule has 20 heavy (non-hydrogen) atoms. The summed E-state index contributed by atoms with van der Waals surface area (Å²) in [6.45, 7) is 4.96. The fraction of sp³-hybridized carbons (Fsp3) is 0.688. The van der Waals surface area contributed by atoms with Crippen molar-refractivity contribution in [3.63, 3.8) is 0 Å². The fourth-order valence-electron chi connectivity index (χ4n) is 3.18. The molecule has 1 N–H and O–H groups in total. The van der Waals surface area contributed by atoms with Crippen molar-refractivity contribution in [3.05, 3.63) is 23.6 Å². The van der Waals surface area contributed by atoms with Crippen LogP contribution in [0.15, 0.2) is 12.3 Å². The second-order valence-corrected chi connectivity index (χ2v) is 6.16.